The number of ketones is 1. The van der Waals surface area contributed by atoms with Crippen molar-refractivity contribution in [2.24, 2.45) is 0 Å². The molecule has 0 amide bonds. The van der Waals surface area contributed by atoms with Crippen molar-refractivity contribution < 1.29 is 9.53 Å². The molecule has 0 N–H and O–H groups in total. The van der Waals surface area contributed by atoms with Gasteiger partial charge < -0.3 is 4.74 Å². The van der Waals surface area contributed by atoms with Gasteiger partial charge in [-0.25, -0.2) is 0 Å². The highest BCUT2D eigenvalue weighted by molar-refractivity contribution is 6.08. The number of ether oxygens (including phenoxy) is 1. The fourth-order valence-electron chi connectivity index (χ4n) is 1.66. The van der Waals surface area contributed by atoms with Gasteiger partial charge in [0.05, 0.1) is 6.10 Å². The van der Waals surface area contributed by atoms with Crippen LogP contribution in [0.2, 0.25) is 0 Å². The summed E-state index contributed by atoms with van der Waals surface area (Å²) in [5, 5.41) is 1.91. The Morgan fingerprint density at radius 3 is 2.82 bits per heavy atom. The highest BCUT2D eigenvalue weighted by atomic mass is 16.5. The molecule has 3 heteroatoms. The minimum absolute atomic E-state index is 0.0250. The molecule has 0 fully saturated rings. The molecule has 17 heavy (non-hydrogen) atoms. The van der Waals surface area contributed by atoms with Gasteiger partial charge in [0, 0.05) is 23.3 Å². The van der Waals surface area contributed by atoms with Crippen molar-refractivity contribution in [2.45, 2.75) is 20.0 Å². The summed E-state index contributed by atoms with van der Waals surface area (Å²) in [6, 6.07) is 7.73. The molecule has 1 aromatic carbocycles. The van der Waals surface area contributed by atoms with E-state index in [1.807, 2.05) is 38.1 Å². The van der Waals surface area contributed by atoms with Gasteiger partial charge in [-0.05, 0) is 19.2 Å². The van der Waals surface area contributed by atoms with E-state index in [2.05, 4.69) is 4.98 Å². The standard InChI is InChI=1S/C14H15NO2/c1-10(2)17-9-14(16)13-8-15-7-11-5-3-4-6-12(11)13/h3-8,10H,9H2,1-2H3. The van der Waals surface area contributed by atoms with Crippen molar-refractivity contribution in [1.29, 1.82) is 0 Å². The number of aromatic nitrogens is 1. The Kier molecular flexibility index (Phi) is 3.49. The van der Waals surface area contributed by atoms with Gasteiger partial charge in [0.2, 0.25) is 0 Å². The van der Waals surface area contributed by atoms with Gasteiger partial charge >= 0.3 is 0 Å². The van der Waals surface area contributed by atoms with Gasteiger partial charge in [-0.1, -0.05) is 24.3 Å². The second-order valence-corrected chi connectivity index (χ2v) is 4.19. The monoisotopic (exact) mass is 229 g/mol. The molecule has 2 rings (SSSR count). The third kappa shape index (κ3) is 2.68. The van der Waals surface area contributed by atoms with Crippen LogP contribution in [-0.4, -0.2) is 23.5 Å². The molecule has 3 nitrogen and oxygen atoms in total. The third-order valence-corrected chi connectivity index (χ3v) is 2.52. The number of fused-ring (bicyclic) bond motifs is 1. The summed E-state index contributed by atoms with van der Waals surface area (Å²) in [5.74, 6) is -0.0250. The Balaban J connectivity index is 2.32. The second kappa shape index (κ2) is 5.06. The number of carbonyl (C=O) groups is 1. The average Bonchev–Trinajstić information content (AvgIpc) is 2.35. The zero-order valence-electron chi connectivity index (χ0n) is 10.0. The van der Waals surface area contributed by atoms with Gasteiger partial charge in [-0.2, -0.15) is 0 Å². The molecule has 0 radical (unpaired) electrons. The van der Waals surface area contributed by atoms with Gasteiger partial charge in [0.1, 0.15) is 6.61 Å². The van der Waals surface area contributed by atoms with E-state index in [0.29, 0.717) is 5.56 Å². The number of rotatable bonds is 4. The minimum Gasteiger partial charge on any atom is -0.371 e. The first-order valence-electron chi connectivity index (χ1n) is 5.66. The van der Waals surface area contributed by atoms with Crippen molar-refractivity contribution in [3.8, 4) is 0 Å². The number of hydrogen-bond donors (Lipinski definition) is 0. The smallest absolute Gasteiger partial charge is 0.190 e. The predicted molar refractivity (Wildman–Crippen MR) is 67.2 cm³/mol. The zero-order chi connectivity index (χ0) is 12.3. The molecule has 88 valence electrons. The Morgan fingerprint density at radius 2 is 2.06 bits per heavy atom. The Labute approximate surface area is 100 Å². The van der Waals surface area contributed by atoms with Crippen LogP contribution in [0, 0.1) is 0 Å². The van der Waals surface area contributed by atoms with Gasteiger partial charge in [-0.15, -0.1) is 0 Å². The van der Waals surface area contributed by atoms with Crippen LogP contribution < -0.4 is 0 Å². The van der Waals surface area contributed by atoms with Crippen molar-refractivity contribution in [3.63, 3.8) is 0 Å². The van der Waals surface area contributed by atoms with Crippen molar-refractivity contribution >= 4 is 16.6 Å². The lowest BCUT2D eigenvalue weighted by Crippen LogP contribution is -2.14. The Morgan fingerprint density at radius 1 is 1.29 bits per heavy atom. The van der Waals surface area contributed by atoms with Crippen molar-refractivity contribution in [1.82, 2.24) is 4.98 Å². The number of pyridine rings is 1. The summed E-state index contributed by atoms with van der Waals surface area (Å²) in [4.78, 5) is 16.1. The van der Waals surface area contributed by atoms with E-state index in [-0.39, 0.29) is 18.5 Å². The Bertz CT molecular complexity index is 529. The highest BCUT2D eigenvalue weighted by Crippen LogP contribution is 2.17. The van der Waals surface area contributed by atoms with Crippen molar-refractivity contribution in [3.05, 3.63) is 42.2 Å². The molecular formula is C14H15NO2. The summed E-state index contributed by atoms with van der Waals surface area (Å²) >= 11 is 0. The number of nitrogens with zero attached hydrogens (tertiary/aromatic N) is 1. The maximum atomic E-state index is 12.0. The molecule has 0 aliphatic rings. The quantitative estimate of drug-likeness (QED) is 0.757. The van der Waals surface area contributed by atoms with Gasteiger partial charge in [-0.3, -0.25) is 9.78 Å². The molecule has 0 saturated carbocycles. The minimum atomic E-state index is -0.0250. The van der Waals surface area contributed by atoms with E-state index in [4.69, 9.17) is 4.74 Å². The molecule has 0 bridgehead atoms. The third-order valence-electron chi connectivity index (χ3n) is 2.52. The summed E-state index contributed by atoms with van der Waals surface area (Å²) in [6.45, 7) is 3.93. The van der Waals surface area contributed by atoms with E-state index in [1.165, 1.54) is 0 Å². The number of carbonyl (C=O) groups excluding carboxylic acids is 1. The fourth-order valence-corrected chi connectivity index (χ4v) is 1.66. The van der Waals surface area contributed by atoms with Crippen LogP contribution >= 0.6 is 0 Å². The van der Waals surface area contributed by atoms with Crippen LogP contribution in [-0.2, 0) is 4.74 Å². The summed E-state index contributed by atoms with van der Waals surface area (Å²) in [6.07, 6.45) is 3.42. The fraction of sp³-hybridized carbons (Fsp3) is 0.286. The van der Waals surface area contributed by atoms with Gasteiger partial charge in [0.25, 0.3) is 0 Å². The maximum absolute atomic E-state index is 12.0. The molecule has 0 aliphatic heterocycles. The Hall–Kier alpha value is -1.74. The van der Waals surface area contributed by atoms with Crippen LogP contribution in [0.3, 0.4) is 0 Å². The summed E-state index contributed by atoms with van der Waals surface area (Å²) in [5.41, 5.74) is 0.628. The second-order valence-electron chi connectivity index (χ2n) is 4.19. The largest absolute Gasteiger partial charge is 0.371 e. The van der Waals surface area contributed by atoms with E-state index < -0.39 is 0 Å². The first kappa shape index (κ1) is 11.7. The van der Waals surface area contributed by atoms with E-state index in [9.17, 15) is 4.79 Å². The van der Waals surface area contributed by atoms with Gasteiger partial charge in [0.15, 0.2) is 5.78 Å². The van der Waals surface area contributed by atoms with Crippen LogP contribution in [0.25, 0.3) is 10.8 Å². The highest BCUT2D eigenvalue weighted by Gasteiger charge is 2.11. The molecule has 0 saturated heterocycles. The molecule has 0 spiro atoms. The van der Waals surface area contributed by atoms with Crippen LogP contribution in [0.4, 0.5) is 0 Å². The maximum Gasteiger partial charge on any atom is 0.190 e. The summed E-state index contributed by atoms with van der Waals surface area (Å²) in [7, 11) is 0. The number of hydrogen-bond acceptors (Lipinski definition) is 3. The normalized spacial score (nSPS) is 11.0. The molecular weight excluding hydrogens is 214 g/mol. The number of Topliss-reactive ketones (excluding diaryl/α,β-unsaturated/α-hetero) is 1. The lowest BCUT2D eigenvalue weighted by Gasteiger charge is -2.08. The molecule has 2 aromatic rings. The first-order valence-corrected chi connectivity index (χ1v) is 5.66. The first-order chi connectivity index (χ1) is 8.18. The summed E-state index contributed by atoms with van der Waals surface area (Å²) < 4.78 is 5.33. The average molecular weight is 229 g/mol. The van der Waals surface area contributed by atoms with Crippen LogP contribution in [0.1, 0.15) is 24.2 Å². The number of benzene rings is 1. The zero-order valence-corrected chi connectivity index (χ0v) is 10.0. The lowest BCUT2D eigenvalue weighted by molar-refractivity contribution is 0.0586. The van der Waals surface area contributed by atoms with E-state index in [0.717, 1.165) is 10.8 Å². The molecule has 0 aliphatic carbocycles. The van der Waals surface area contributed by atoms with Crippen LogP contribution in [0.15, 0.2) is 36.7 Å². The van der Waals surface area contributed by atoms with E-state index >= 15 is 0 Å². The SMILES string of the molecule is CC(C)OCC(=O)c1cncc2ccccc12. The predicted octanol–water partition coefficient (Wildman–Crippen LogP) is 2.84. The molecule has 1 heterocycles. The lowest BCUT2D eigenvalue weighted by atomic mass is 10.1. The molecule has 0 atom stereocenters. The van der Waals surface area contributed by atoms with E-state index in [1.54, 1.807) is 12.4 Å². The molecule has 1 aromatic heterocycles. The van der Waals surface area contributed by atoms with Crippen molar-refractivity contribution in [2.75, 3.05) is 6.61 Å². The van der Waals surface area contributed by atoms with Crippen LogP contribution in [0.5, 0.6) is 0 Å². The topological polar surface area (TPSA) is 39.2 Å². The molecule has 0 unspecified atom stereocenters.